The highest BCUT2D eigenvalue weighted by Gasteiger charge is 2.34. The highest BCUT2D eigenvalue weighted by atomic mass is 16.5. The molecule has 122 valence electrons. The zero-order valence-electron chi connectivity index (χ0n) is 13.9. The average molecular weight is 313 g/mol. The van der Waals surface area contributed by atoms with Gasteiger partial charge in [-0.1, -0.05) is 27.2 Å². The third-order valence-corrected chi connectivity index (χ3v) is 4.68. The fraction of sp³-hybridized carbons (Fsp3) is 0.526. The number of nitrogens with zero attached hydrogens (tertiary/aromatic N) is 1. The van der Waals surface area contributed by atoms with Gasteiger partial charge in [0.15, 0.2) is 5.78 Å². The molecule has 2 rings (SSSR count). The van der Waals surface area contributed by atoms with E-state index in [9.17, 15) is 14.9 Å². The molecule has 0 radical (unpaired) electrons. The summed E-state index contributed by atoms with van der Waals surface area (Å²) in [6.07, 6.45) is 8.57. The molecule has 1 fully saturated rings. The Morgan fingerprint density at radius 3 is 2.48 bits per heavy atom. The minimum absolute atomic E-state index is 0.0364. The maximum Gasteiger partial charge on any atom is 0.349 e. The first-order chi connectivity index (χ1) is 10.9. The Morgan fingerprint density at radius 2 is 1.91 bits per heavy atom. The summed E-state index contributed by atoms with van der Waals surface area (Å²) in [5.41, 5.74) is 0.396. The van der Waals surface area contributed by atoms with Crippen molar-refractivity contribution in [3.63, 3.8) is 0 Å². The van der Waals surface area contributed by atoms with E-state index in [-0.39, 0.29) is 17.5 Å². The van der Waals surface area contributed by atoms with Crippen LogP contribution in [0, 0.1) is 29.1 Å². The van der Waals surface area contributed by atoms with E-state index < -0.39 is 5.97 Å². The molecule has 23 heavy (non-hydrogen) atoms. The predicted molar refractivity (Wildman–Crippen MR) is 87.1 cm³/mol. The summed E-state index contributed by atoms with van der Waals surface area (Å²) in [7, 11) is 0. The summed E-state index contributed by atoms with van der Waals surface area (Å²) >= 11 is 0. The fourth-order valence-electron chi connectivity index (χ4n) is 3.30. The number of allylic oxidation sites excluding steroid dienone is 5. The number of nitriles is 1. The molecule has 1 saturated carbocycles. The first kappa shape index (κ1) is 17.2. The SMILES string of the molecule is CC(C)[C@@H]1CC[C@@H](C)C[C@H]1OC(=O)C(C#N)=C1C=CC(=O)C=C1. The standard InChI is InChI=1S/C19H23NO3/c1-12(2)16-9-4-13(3)10-18(16)23-19(22)17(11-20)14-5-7-15(21)8-6-14/h5-8,12-13,16,18H,4,9-10H2,1-3H3/t13-,16+,18-/m1/s1. The topological polar surface area (TPSA) is 67.2 Å². The number of carbonyl (C=O) groups excluding carboxylic acids is 2. The minimum atomic E-state index is -0.587. The van der Waals surface area contributed by atoms with Gasteiger partial charge in [-0.3, -0.25) is 4.79 Å². The fourth-order valence-corrected chi connectivity index (χ4v) is 3.30. The van der Waals surface area contributed by atoms with Crippen molar-refractivity contribution in [1.29, 1.82) is 5.26 Å². The van der Waals surface area contributed by atoms with Gasteiger partial charge in [0.05, 0.1) is 0 Å². The first-order valence-electron chi connectivity index (χ1n) is 8.17. The summed E-state index contributed by atoms with van der Waals surface area (Å²) in [4.78, 5) is 23.6. The van der Waals surface area contributed by atoms with Crippen molar-refractivity contribution in [1.82, 2.24) is 0 Å². The Hall–Kier alpha value is -2.15. The number of hydrogen-bond acceptors (Lipinski definition) is 4. The molecule has 2 aliphatic rings. The van der Waals surface area contributed by atoms with Gasteiger partial charge >= 0.3 is 5.97 Å². The van der Waals surface area contributed by atoms with E-state index in [1.165, 1.54) is 24.3 Å². The van der Waals surface area contributed by atoms with Crippen LogP contribution in [0.15, 0.2) is 35.5 Å². The zero-order chi connectivity index (χ0) is 17.0. The Bertz CT molecular complexity index is 601. The Morgan fingerprint density at radius 1 is 1.26 bits per heavy atom. The van der Waals surface area contributed by atoms with Gasteiger partial charge in [-0.05, 0) is 60.5 Å². The van der Waals surface area contributed by atoms with E-state index in [0.29, 0.717) is 23.3 Å². The van der Waals surface area contributed by atoms with Crippen LogP contribution in [0.1, 0.15) is 40.0 Å². The van der Waals surface area contributed by atoms with Gasteiger partial charge in [0.1, 0.15) is 17.7 Å². The third-order valence-electron chi connectivity index (χ3n) is 4.68. The van der Waals surface area contributed by atoms with E-state index in [1.807, 2.05) is 6.07 Å². The van der Waals surface area contributed by atoms with Gasteiger partial charge in [0.25, 0.3) is 0 Å². The lowest BCUT2D eigenvalue weighted by Crippen LogP contribution is -2.36. The Kier molecular flexibility index (Phi) is 5.54. The Labute approximate surface area is 137 Å². The summed E-state index contributed by atoms with van der Waals surface area (Å²) < 4.78 is 5.70. The number of carbonyl (C=O) groups is 2. The summed E-state index contributed by atoms with van der Waals surface area (Å²) in [5, 5.41) is 9.31. The van der Waals surface area contributed by atoms with E-state index in [1.54, 1.807) is 0 Å². The molecular weight excluding hydrogens is 290 g/mol. The normalized spacial score (nSPS) is 27.0. The largest absolute Gasteiger partial charge is 0.458 e. The molecule has 0 aromatic heterocycles. The molecule has 0 aromatic carbocycles. The Balaban J connectivity index is 2.17. The molecule has 0 saturated heterocycles. The van der Waals surface area contributed by atoms with Crippen molar-refractivity contribution in [2.75, 3.05) is 0 Å². The van der Waals surface area contributed by atoms with E-state index in [2.05, 4.69) is 20.8 Å². The van der Waals surface area contributed by atoms with Crippen LogP contribution in [0.2, 0.25) is 0 Å². The minimum Gasteiger partial charge on any atom is -0.458 e. The van der Waals surface area contributed by atoms with Crippen LogP contribution < -0.4 is 0 Å². The van der Waals surface area contributed by atoms with Crippen LogP contribution in [0.3, 0.4) is 0 Å². The highest BCUT2D eigenvalue weighted by Crippen LogP contribution is 2.35. The number of ketones is 1. The lowest BCUT2D eigenvalue weighted by molar-refractivity contribution is -0.150. The molecule has 4 nitrogen and oxygen atoms in total. The van der Waals surface area contributed by atoms with E-state index in [4.69, 9.17) is 4.74 Å². The quantitative estimate of drug-likeness (QED) is 0.454. The molecule has 0 spiro atoms. The number of ether oxygens (including phenoxy) is 1. The van der Waals surface area contributed by atoms with Gasteiger partial charge in [0, 0.05) is 0 Å². The van der Waals surface area contributed by atoms with Crippen molar-refractivity contribution >= 4 is 11.8 Å². The number of hydrogen-bond donors (Lipinski definition) is 0. The van der Waals surface area contributed by atoms with Gasteiger partial charge in [-0.2, -0.15) is 5.26 Å². The van der Waals surface area contributed by atoms with Gasteiger partial charge in [-0.25, -0.2) is 4.79 Å². The molecule has 0 aromatic rings. The average Bonchev–Trinajstić information content (AvgIpc) is 2.49. The van der Waals surface area contributed by atoms with Crippen molar-refractivity contribution in [2.45, 2.75) is 46.1 Å². The first-order valence-corrected chi connectivity index (χ1v) is 8.17. The van der Waals surface area contributed by atoms with Gasteiger partial charge in [0.2, 0.25) is 0 Å². The monoisotopic (exact) mass is 313 g/mol. The number of esters is 1. The molecule has 4 heteroatoms. The van der Waals surface area contributed by atoms with Crippen LogP contribution in [0.5, 0.6) is 0 Å². The summed E-state index contributed by atoms with van der Waals surface area (Å²) in [6.45, 7) is 6.45. The van der Waals surface area contributed by atoms with Crippen LogP contribution in [-0.2, 0) is 14.3 Å². The highest BCUT2D eigenvalue weighted by molar-refractivity contribution is 6.03. The third kappa shape index (κ3) is 4.19. The van der Waals surface area contributed by atoms with Crippen LogP contribution in [-0.4, -0.2) is 17.9 Å². The zero-order valence-corrected chi connectivity index (χ0v) is 13.9. The lowest BCUT2D eigenvalue weighted by Gasteiger charge is -2.36. The molecule has 0 aliphatic heterocycles. The van der Waals surface area contributed by atoms with Gasteiger partial charge < -0.3 is 4.74 Å². The van der Waals surface area contributed by atoms with Crippen LogP contribution in [0.25, 0.3) is 0 Å². The second-order valence-corrected chi connectivity index (χ2v) is 6.78. The van der Waals surface area contributed by atoms with Crippen LogP contribution >= 0.6 is 0 Å². The van der Waals surface area contributed by atoms with Crippen LogP contribution in [0.4, 0.5) is 0 Å². The summed E-state index contributed by atoms with van der Waals surface area (Å²) in [5.74, 6) is 0.550. The van der Waals surface area contributed by atoms with Crippen molar-refractivity contribution in [3.05, 3.63) is 35.5 Å². The molecule has 0 N–H and O–H groups in total. The lowest BCUT2D eigenvalue weighted by atomic mass is 9.75. The molecule has 2 aliphatic carbocycles. The maximum absolute atomic E-state index is 12.4. The molecule has 0 heterocycles. The van der Waals surface area contributed by atoms with E-state index in [0.717, 1.165) is 19.3 Å². The smallest absolute Gasteiger partial charge is 0.349 e. The summed E-state index contributed by atoms with van der Waals surface area (Å²) in [6, 6.07) is 1.92. The molecule has 3 atom stereocenters. The van der Waals surface area contributed by atoms with Crippen molar-refractivity contribution < 1.29 is 14.3 Å². The molecule has 0 unspecified atom stereocenters. The molecule has 0 bridgehead atoms. The van der Waals surface area contributed by atoms with Gasteiger partial charge in [-0.15, -0.1) is 0 Å². The predicted octanol–water partition coefficient (Wildman–Crippen LogP) is 3.51. The maximum atomic E-state index is 12.4. The molecule has 0 amide bonds. The molecular formula is C19H23NO3. The second kappa shape index (κ2) is 7.41. The second-order valence-electron chi connectivity index (χ2n) is 6.78. The van der Waals surface area contributed by atoms with E-state index >= 15 is 0 Å². The van der Waals surface area contributed by atoms with Crippen molar-refractivity contribution in [2.24, 2.45) is 17.8 Å². The van der Waals surface area contributed by atoms with Crippen molar-refractivity contribution in [3.8, 4) is 6.07 Å². The number of rotatable bonds is 3.